The topological polar surface area (TPSA) is 90.9 Å². The highest BCUT2D eigenvalue weighted by Gasteiger charge is 2.35. The van der Waals surface area contributed by atoms with Crippen LogP contribution in [0.15, 0.2) is 60.7 Å². The number of hydrogen-bond acceptors (Lipinski definition) is 6. The third kappa shape index (κ3) is 6.22. The van der Waals surface area contributed by atoms with Gasteiger partial charge in [-0.15, -0.1) is 0 Å². The first kappa shape index (κ1) is 21.7. The number of nitrogens with one attached hydrogen (secondary N) is 1. The quantitative estimate of drug-likeness (QED) is 0.509. The number of hydrogen-bond donors (Lipinski definition) is 1. The average Bonchev–Trinajstić information content (AvgIpc) is 2.73. The van der Waals surface area contributed by atoms with E-state index in [0.29, 0.717) is 5.30 Å². The van der Waals surface area contributed by atoms with Gasteiger partial charge < -0.3 is 19.3 Å². The van der Waals surface area contributed by atoms with Gasteiger partial charge in [0.1, 0.15) is 12.6 Å². The SMILES string of the molecule is CCOP(=O)(C[C@H](NC(=O)OCc1ccccc1)C(=O)OC)c1ccccc1. The molecule has 28 heavy (non-hydrogen) atoms. The lowest BCUT2D eigenvalue weighted by Gasteiger charge is -2.23. The Bertz CT molecular complexity index is 812. The number of carbonyl (C=O) groups excluding carboxylic acids is 2. The van der Waals surface area contributed by atoms with Gasteiger partial charge in [0.15, 0.2) is 0 Å². The second kappa shape index (κ2) is 10.6. The van der Waals surface area contributed by atoms with Gasteiger partial charge in [0.05, 0.1) is 19.9 Å². The molecule has 2 rings (SSSR count). The molecule has 0 aliphatic carbocycles. The van der Waals surface area contributed by atoms with Crippen LogP contribution in [0.3, 0.4) is 0 Å². The van der Waals surface area contributed by atoms with Crippen LogP contribution in [0.25, 0.3) is 0 Å². The molecule has 8 heteroatoms. The molecule has 150 valence electrons. The molecular weight excluding hydrogens is 381 g/mol. The van der Waals surface area contributed by atoms with Gasteiger partial charge in [-0.25, -0.2) is 9.59 Å². The van der Waals surface area contributed by atoms with Crippen LogP contribution in [0.1, 0.15) is 12.5 Å². The van der Waals surface area contributed by atoms with Gasteiger partial charge in [-0.05, 0) is 24.6 Å². The van der Waals surface area contributed by atoms with E-state index in [-0.39, 0.29) is 19.4 Å². The Morgan fingerprint density at radius 3 is 2.21 bits per heavy atom. The zero-order valence-electron chi connectivity index (χ0n) is 15.9. The molecule has 0 aliphatic heterocycles. The minimum atomic E-state index is -3.40. The molecule has 0 spiro atoms. The van der Waals surface area contributed by atoms with Gasteiger partial charge in [0.25, 0.3) is 0 Å². The van der Waals surface area contributed by atoms with E-state index in [4.69, 9.17) is 14.0 Å². The number of rotatable bonds is 9. The van der Waals surface area contributed by atoms with Gasteiger partial charge in [-0.1, -0.05) is 48.5 Å². The van der Waals surface area contributed by atoms with Gasteiger partial charge in [-0.3, -0.25) is 4.57 Å². The lowest BCUT2D eigenvalue weighted by Crippen LogP contribution is -2.45. The molecule has 0 fully saturated rings. The van der Waals surface area contributed by atoms with E-state index >= 15 is 0 Å². The van der Waals surface area contributed by atoms with Crippen molar-refractivity contribution in [2.75, 3.05) is 19.9 Å². The minimum Gasteiger partial charge on any atom is -0.467 e. The molecule has 0 saturated heterocycles. The summed E-state index contributed by atoms with van der Waals surface area (Å²) in [5, 5.41) is 2.90. The highest BCUT2D eigenvalue weighted by Crippen LogP contribution is 2.46. The number of esters is 1. The fourth-order valence-electron chi connectivity index (χ4n) is 2.57. The Labute approximate surface area is 164 Å². The maximum Gasteiger partial charge on any atom is 0.408 e. The molecule has 2 atom stereocenters. The van der Waals surface area contributed by atoms with Crippen LogP contribution in [-0.2, 0) is 30.0 Å². The number of ether oxygens (including phenoxy) is 2. The summed E-state index contributed by atoms with van der Waals surface area (Å²) in [4.78, 5) is 24.3. The van der Waals surface area contributed by atoms with Crippen molar-refractivity contribution in [3.8, 4) is 0 Å². The van der Waals surface area contributed by atoms with E-state index in [9.17, 15) is 14.2 Å². The minimum absolute atomic E-state index is 0.0440. The van der Waals surface area contributed by atoms with E-state index < -0.39 is 25.5 Å². The molecule has 0 bridgehead atoms. The molecule has 2 aromatic carbocycles. The normalized spacial score (nSPS) is 13.8. The Balaban J connectivity index is 2.10. The van der Waals surface area contributed by atoms with Crippen LogP contribution in [0, 0.1) is 0 Å². The van der Waals surface area contributed by atoms with Crippen LogP contribution in [0.4, 0.5) is 4.79 Å². The van der Waals surface area contributed by atoms with E-state index in [1.54, 1.807) is 37.3 Å². The molecule has 0 radical (unpaired) electrons. The molecule has 1 amide bonds. The van der Waals surface area contributed by atoms with Crippen LogP contribution in [0.5, 0.6) is 0 Å². The Hall–Kier alpha value is -2.63. The van der Waals surface area contributed by atoms with Gasteiger partial charge in [0.2, 0.25) is 7.37 Å². The predicted molar refractivity (Wildman–Crippen MR) is 106 cm³/mol. The number of benzene rings is 2. The summed E-state index contributed by atoms with van der Waals surface area (Å²) in [6, 6.07) is 16.5. The number of methoxy groups -OCH3 is 1. The van der Waals surface area contributed by atoms with Crippen molar-refractivity contribution in [1.29, 1.82) is 0 Å². The summed E-state index contributed by atoms with van der Waals surface area (Å²) in [7, 11) is -2.20. The van der Waals surface area contributed by atoms with Crippen molar-refractivity contribution >= 4 is 24.7 Å². The van der Waals surface area contributed by atoms with Gasteiger partial charge >= 0.3 is 12.1 Å². The predicted octanol–water partition coefficient (Wildman–Crippen LogP) is 3.09. The van der Waals surface area contributed by atoms with Crippen LogP contribution < -0.4 is 10.6 Å². The summed E-state index contributed by atoms with van der Waals surface area (Å²) < 4.78 is 28.8. The Morgan fingerprint density at radius 2 is 1.64 bits per heavy atom. The average molecular weight is 405 g/mol. The first-order valence-corrected chi connectivity index (χ1v) is 10.6. The van der Waals surface area contributed by atoms with Gasteiger partial charge in [0, 0.05) is 5.30 Å². The van der Waals surface area contributed by atoms with Crippen molar-refractivity contribution in [1.82, 2.24) is 5.32 Å². The number of alkyl carbamates (subject to hydrolysis) is 1. The highest BCUT2D eigenvalue weighted by atomic mass is 31.2. The van der Waals surface area contributed by atoms with Crippen molar-refractivity contribution < 1.29 is 28.2 Å². The third-order valence-corrected chi connectivity index (χ3v) is 6.51. The fourth-order valence-corrected chi connectivity index (χ4v) is 4.79. The van der Waals surface area contributed by atoms with Crippen LogP contribution in [0.2, 0.25) is 0 Å². The van der Waals surface area contributed by atoms with E-state index in [1.807, 2.05) is 30.3 Å². The zero-order chi connectivity index (χ0) is 20.4. The van der Waals surface area contributed by atoms with Gasteiger partial charge in [-0.2, -0.15) is 0 Å². The van der Waals surface area contributed by atoms with Crippen LogP contribution in [-0.4, -0.2) is 38.0 Å². The molecule has 0 saturated carbocycles. The lowest BCUT2D eigenvalue weighted by molar-refractivity contribution is -0.142. The fraction of sp³-hybridized carbons (Fsp3) is 0.300. The second-order valence-electron chi connectivity index (χ2n) is 5.89. The highest BCUT2D eigenvalue weighted by molar-refractivity contribution is 7.67. The Kier molecular flexibility index (Phi) is 8.23. The van der Waals surface area contributed by atoms with Crippen molar-refractivity contribution in [3.63, 3.8) is 0 Å². The lowest BCUT2D eigenvalue weighted by atomic mass is 10.2. The molecular formula is C20H24NO6P. The first-order chi connectivity index (χ1) is 13.5. The second-order valence-corrected chi connectivity index (χ2v) is 8.38. The summed E-state index contributed by atoms with van der Waals surface area (Å²) in [6.07, 6.45) is -1.05. The molecule has 2 aromatic rings. The molecule has 1 unspecified atom stereocenters. The van der Waals surface area contributed by atoms with Crippen molar-refractivity contribution in [2.45, 2.75) is 19.6 Å². The standard InChI is InChI=1S/C20H24NO6P/c1-3-27-28(24,17-12-8-5-9-13-17)15-18(19(22)25-2)21-20(23)26-14-16-10-6-4-7-11-16/h4-13,18H,3,14-15H2,1-2H3,(H,21,23)/t18-,28?/m0/s1. The zero-order valence-corrected chi connectivity index (χ0v) is 16.8. The largest absolute Gasteiger partial charge is 0.467 e. The van der Waals surface area contributed by atoms with E-state index in [2.05, 4.69) is 5.32 Å². The van der Waals surface area contributed by atoms with E-state index in [0.717, 1.165) is 5.56 Å². The maximum atomic E-state index is 13.4. The summed E-state index contributed by atoms with van der Waals surface area (Å²) in [5.41, 5.74) is 0.802. The summed E-state index contributed by atoms with van der Waals surface area (Å²) in [6.45, 7) is 1.95. The van der Waals surface area contributed by atoms with Crippen LogP contribution >= 0.6 is 7.37 Å². The molecule has 7 nitrogen and oxygen atoms in total. The smallest absolute Gasteiger partial charge is 0.408 e. The number of amides is 1. The first-order valence-electron chi connectivity index (χ1n) is 8.82. The van der Waals surface area contributed by atoms with Crippen molar-refractivity contribution in [2.24, 2.45) is 0 Å². The molecule has 0 aromatic heterocycles. The van der Waals surface area contributed by atoms with Crippen molar-refractivity contribution in [3.05, 3.63) is 66.2 Å². The molecule has 0 heterocycles. The van der Waals surface area contributed by atoms with E-state index in [1.165, 1.54) is 7.11 Å². The summed E-state index contributed by atoms with van der Waals surface area (Å²) >= 11 is 0. The third-order valence-electron chi connectivity index (χ3n) is 3.90. The maximum absolute atomic E-state index is 13.4. The number of carbonyl (C=O) groups is 2. The molecule has 0 aliphatic rings. The summed E-state index contributed by atoms with van der Waals surface area (Å²) in [5.74, 6) is -0.729. The molecule has 1 N–H and O–H groups in total. The monoisotopic (exact) mass is 405 g/mol. The Morgan fingerprint density at radius 1 is 1.04 bits per heavy atom.